The number of nitrogens with zero attached hydrogens (tertiary/aromatic N) is 1. The van der Waals surface area contributed by atoms with Crippen LogP contribution in [-0.2, 0) is 4.79 Å². The first-order valence-electron chi connectivity index (χ1n) is 5.71. The summed E-state index contributed by atoms with van der Waals surface area (Å²) in [5, 5.41) is 6.02. The highest BCUT2D eigenvalue weighted by Crippen LogP contribution is 2.20. The van der Waals surface area contributed by atoms with Crippen molar-refractivity contribution in [3.05, 3.63) is 24.1 Å². The number of halogens is 2. The van der Waals surface area contributed by atoms with E-state index in [1.54, 1.807) is 24.8 Å². The Morgan fingerprint density at radius 1 is 1.50 bits per heavy atom. The number of aromatic nitrogens is 1. The number of rotatable bonds is 2. The number of aryl methyl sites for hydroxylation is 1. The summed E-state index contributed by atoms with van der Waals surface area (Å²) in [4.78, 5) is 16.1. The number of carbonyl (C=O) groups excluding carboxylic acids is 1. The molecular formula is C12H15Cl2N3O2S. The van der Waals surface area contributed by atoms with Crippen molar-refractivity contribution in [3.8, 4) is 0 Å². The number of fused-ring (bicyclic) bond motifs is 1. The molecule has 1 amide bonds. The monoisotopic (exact) mass is 335 g/mol. The van der Waals surface area contributed by atoms with Crippen molar-refractivity contribution in [1.29, 1.82) is 0 Å². The number of thioether (sulfide) groups is 1. The van der Waals surface area contributed by atoms with E-state index in [2.05, 4.69) is 15.6 Å². The van der Waals surface area contributed by atoms with Gasteiger partial charge in [0.05, 0.1) is 6.04 Å². The lowest BCUT2D eigenvalue weighted by atomic mass is 10.2. The Hall–Kier alpha value is -0.950. The lowest BCUT2D eigenvalue weighted by Crippen LogP contribution is -2.37. The summed E-state index contributed by atoms with van der Waals surface area (Å²) in [6.45, 7) is 1.80. The molecule has 0 bridgehead atoms. The van der Waals surface area contributed by atoms with Crippen LogP contribution < -0.4 is 10.6 Å². The van der Waals surface area contributed by atoms with Crippen molar-refractivity contribution in [3.63, 3.8) is 0 Å². The average molecular weight is 336 g/mol. The van der Waals surface area contributed by atoms with Crippen molar-refractivity contribution < 1.29 is 9.21 Å². The van der Waals surface area contributed by atoms with E-state index in [1.165, 1.54) is 0 Å². The zero-order valence-electron chi connectivity index (χ0n) is 10.7. The van der Waals surface area contributed by atoms with Gasteiger partial charge in [-0.2, -0.15) is 0 Å². The topological polar surface area (TPSA) is 67.2 Å². The van der Waals surface area contributed by atoms with Gasteiger partial charge < -0.3 is 9.73 Å². The highest BCUT2D eigenvalue weighted by atomic mass is 35.5. The predicted octanol–water partition coefficient (Wildman–Crippen LogP) is 2.58. The van der Waals surface area contributed by atoms with Gasteiger partial charge in [0, 0.05) is 30.3 Å². The molecule has 1 aromatic heterocycles. The van der Waals surface area contributed by atoms with Crippen LogP contribution in [0.5, 0.6) is 0 Å². The summed E-state index contributed by atoms with van der Waals surface area (Å²) in [5.74, 6) is 2.27. The molecule has 0 spiro atoms. The zero-order valence-corrected chi connectivity index (χ0v) is 13.2. The lowest BCUT2D eigenvalue weighted by Gasteiger charge is -2.10. The maximum atomic E-state index is 11.9. The molecule has 1 aliphatic heterocycles. The third-order valence-corrected chi connectivity index (χ3v) is 3.74. The van der Waals surface area contributed by atoms with Gasteiger partial charge in [-0.05, 0) is 12.1 Å². The third-order valence-electron chi connectivity index (χ3n) is 2.80. The average Bonchev–Trinajstić information content (AvgIpc) is 2.95. The molecule has 1 aliphatic rings. The fourth-order valence-electron chi connectivity index (χ4n) is 1.91. The molecule has 3 rings (SSSR count). The minimum absolute atomic E-state index is 0. The molecule has 2 N–H and O–H groups in total. The van der Waals surface area contributed by atoms with Gasteiger partial charge >= 0.3 is 0 Å². The van der Waals surface area contributed by atoms with Crippen LogP contribution in [0.1, 0.15) is 5.89 Å². The van der Waals surface area contributed by atoms with Crippen LogP contribution in [0.4, 0.5) is 5.69 Å². The smallest absolute Gasteiger partial charge is 0.242 e. The molecule has 110 valence electrons. The van der Waals surface area contributed by atoms with Crippen LogP contribution in [-0.4, -0.2) is 28.6 Å². The number of nitrogens with one attached hydrogen (secondary N) is 2. The number of oxazole rings is 1. The summed E-state index contributed by atoms with van der Waals surface area (Å²) in [6, 6.07) is 5.37. The number of amides is 1. The van der Waals surface area contributed by atoms with E-state index >= 15 is 0 Å². The van der Waals surface area contributed by atoms with Gasteiger partial charge in [0.15, 0.2) is 11.5 Å². The number of hydrogen-bond acceptors (Lipinski definition) is 5. The Balaban J connectivity index is 0.000001000. The van der Waals surface area contributed by atoms with E-state index in [0.717, 1.165) is 22.8 Å². The maximum Gasteiger partial charge on any atom is 0.242 e. The standard InChI is InChI=1S/C12H13N3O2S.2ClH/c1-7-14-9-3-2-8(4-11(9)17-7)15-12(16)10-5-18-6-13-10;;/h2-4,10,13H,5-6H2,1H3,(H,15,16);2*1H. The molecule has 1 aromatic carbocycles. The van der Waals surface area contributed by atoms with Gasteiger partial charge in [0.2, 0.25) is 5.91 Å². The summed E-state index contributed by atoms with van der Waals surface area (Å²) in [6.07, 6.45) is 0. The minimum atomic E-state index is -0.109. The van der Waals surface area contributed by atoms with Crippen LogP contribution in [0, 0.1) is 6.92 Å². The largest absolute Gasteiger partial charge is 0.441 e. The summed E-state index contributed by atoms with van der Waals surface area (Å²) < 4.78 is 5.43. The van der Waals surface area contributed by atoms with Crippen molar-refractivity contribution in [1.82, 2.24) is 10.3 Å². The number of hydrogen-bond donors (Lipinski definition) is 2. The van der Waals surface area contributed by atoms with Crippen LogP contribution in [0.15, 0.2) is 22.6 Å². The second-order valence-electron chi connectivity index (χ2n) is 4.18. The van der Waals surface area contributed by atoms with E-state index in [-0.39, 0.29) is 36.8 Å². The second kappa shape index (κ2) is 7.17. The lowest BCUT2D eigenvalue weighted by molar-refractivity contribution is -0.117. The number of anilines is 1. The predicted molar refractivity (Wildman–Crippen MR) is 86.1 cm³/mol. The molecule has 0 saturated carbocycles. The first kappa shape index (κ1) is 17.1. The van der Waals surface area contributed by atoms with Gasteiger partial charge in [0.1, 0.15) is 5.52 Å². The normalized spacial score (nSPS) is 17.4. The van der Waals surface area contributed by atoms with E-state index in [9.17, 15) is 4.79 Å². The quantitative estimate of drug-likeness (QED) is 0.882. The first-order chi connectivity index (χ1) is 8.72. The van der Waals surface area contributed by atoms with Crippen LogP contribution >= 0.6 is 36.6 Å². The fourth-order valence-corrected chi connectivity index (χ4v) is 2.85. The van der Waals surface area contributed by atoms with Crippen molar-refractivity contribution in [2.45, 2.75) is 13.0 Å². The van der Waals surface area contributed by atoms with Gasteiger partial charge in [0.25, 0.3) is 0 Å². The molecule has 8 heteroatoms. The number of benzene rings is 1. The molecule has 20 heavy (non-hydrogen) atoms. The second-order valence-corrected chi connectivity index (χ2v) is 5.21. The zero-order chi connectivity index (χ0) is 12.5. The Morgan fingerprint density at radius 3 is 3.00 bits per heavy atom. The van der Waals surface area contributed by atoms with Gasteiger partial charge in [-0.1, -0.05) is 0 Å². The minimum Gasteiger partial charge on any atom is -0.441 e. The fraction of sp³-hybridized carbons (Fsp3) is 0.333. The molecule has 1 unspecified atom stereocenters. The van der Waals surface area contributed by atoms with Crippen molar-refractivity contribution >= 4 is 59.3 Å². The van der Waals surface area contributed by atoms with E-state index < -0.39 is 0 Å². The van der Waals surface area contributed by atoms with Crippen LogP contribution in [0.3, 0.4) is 0 Å². The summed E-state index contributed by atoms with van der Waals surface area (Å²) in [7, 11) is 0. The third kappa shape index (κ3) is 3.58. The first-order valence-corrected chi connectivity index (χ1v) is 6.87. The molecular weight excluding hydrogens is 321 g/mol. The van der Waals surface area contributed by atoms with Gasteiger partial charge in [-0.15, -0.1) is 36.6 Å². The number of carbonyl (C=O) groups is 1. The highest BCUT2D eigenvalue weighted by molar-refractivity contribution is 7.99. The molecule has 1 atom stereocenters. The van der Waals surface area contributed by atoms with Crippen LogP contribution in [0.25, 0.3) is 11.1 Å². The molecule has 0 aliphatic carbocycles. The highest BCUT2D eigenvalue weighted by Gasteiger charge is 2.22. The maximum absolute atomic E-state index is 11.9. The molecule has 2 heterocycles. The molecule has 0 radical (unpaired) electrons. The van der Waals surface area contributed by atoms with E-state index in [4.69, 9.17) is 4.42 Å². The SMILES string of the molecule is Cc1nc2ccc(NC(=O)C3CSCN3)cc2o1.Cl.Cl. The molecule has 1 fully saturated rings. The van der Waals surface area contributed by atoms with Crippen molar-refractivity contribution in [2.75, 3.05) is 16.9 Å². The Morgan fingerprint density at radius 2 is 2.30 bits per heavy atom. The molecule has 2 aromatic rings. The van der Waals surface area contributed by atoms with Crippen LogP contribution in [0.2, 0.25) is 0 Å². The van der Waals surface area contributed by atoms with E-state index in [0.29, 0.717) is 11.5 Å². The molecule has 5 nitrogen and oxygen atoms in total. The van der Waals surface area contributed by atoms with Gasteiger partial charge in [-0.3, -0.25) is 10.1 Å². The van der Waals surface area contributed by atoms with Crippen molar-refractivity contribution in [2.24, 2.45) is 0 Å². The Bertz CT molecular complexity index is 599. The van der Waals surface area contributed by atoms with Gasteiger partial charge in [-0.25, -0.2) is 4.98 Å². The van der Waals surface area contributed by atoms with E-state index in [1.807, 2.05) is 12.1 Å². The molecule has 1 saturated heterocycles. The summed E-state index contributed by atoms with van der Waals surface area (Å²) in [5.41, 5.74) is 2.24. The Kier molecular flexibility index (Phi) is 6.13. The Labute approximate surface area is 133 Å². The summed E-state index contributed by atoms with van der Waals surface area (Å²) >= 11 is 1.73.